The average molecular weight is 434 g/mol. The van der Waals surface area contributed by atoms with E-state index in [0.717, 1.165) is 10.6 Å². The number of nitrogens with one attached hydrogen (secondary N) is 1. The summed E-state index contributed by atoms with van der Waals surface area (Å²) in [6.45, 7) is 3.26. The van der Waals surface area contributed by atoms with Crippen molar-refractivity contribution in [3.8, 4) is 5.75 Å². The fourth-order valence-electron chi connectivity index (χ4n) is 2.94. The van der Waals surface area contributed by atoms with Gasteiger partial charge in [-0.15, -0.1) is 0 Å². The minimum atomic E-state index is -3.76. The van der Waals surface area contributed by atoms with E-state index in [1.54, 1.807) is 5.01 Å². The fraction of sp³-hybridized carbons (Fsp3) is 0.562. The summed E-state index contributed by atoms with van der Waals surface area (Å²) in [5.41, 5.74) is 2.81. The number of ether oxygens (including phenoxy) is 2. The number of sulfonamides is 1. The molecule has 10 nitrogen and oxygen atoms in total. The molecule has 0 saturated carbocycles. The van der Waals surface area contributed by atoms with Gasteiger partial charge < -0.3 is 9.47 Å². The molecular formula is C16H23N3O7S2. The number of nitrogens with zero attached hydrogens (tertiary/aromatic N) is 2. The second-order valence-electron chi connectivity index (χ2n) is 6.51. The van der Waals surface area contributed by atoms with Crippen LogP contribution in [0.4, 0.5) is 5.69 Å². The number of amides is 1. The first-order valence-corrected chi connectivity index (χ1v) is 12.3. The number of carbonyl (C=O) groups excluding carboxylic acids is 1. The normalized spacial score (nSPS) is 20.9. The van der Waals surface area contributed by atoms with E-state index in [0.29, 0.717) is 26.3 Å². The molecule has 3 rings (SSSR count). The van der Waals surface area contributed by atoms with E-state index in [4.69, 9.17) is 9.47 Å². The predicted molar refractivity (Wildman–Crippen MR) is 101 cm³/mol. The summed E-state index contributed by atoms with van der Waals surface area (Å²) in [7, 11) is -7.29. The van der Waals surface area contributed by atoms with E-state index < -0.39 is 31.9 Å². The number of morpholine rings is 1. The Morgan fingerprint density at radius 2 is 1.89 bits per heavy atom. The largest absolute Gasteiger partial charge is 0.476 e. The van der Waals surface area contributed by atoms with Gasteiger partial charge in [-0.2, -0.15) is 0 Å². The quantitative estimate of drug-likeness (QED) is 0.651. The molecule has 0 aromatic heterocycles. The van der Waals surface area contributed by atoms with Crippen LogP contribution in [0.2, 0.25) is 0 Å². The van der Waals surface area contributed by atoms with Crippen molar-refractivity contribution < 1.29 is 31.1 Å². The SMILES string of the molecule is CCS(=O)(=O)c1ccc2c(c1)N(S(C)(=O)=O)CC(C(=O)NN1CCOCC1)O2. The van der Waals surface area contributed by atoms with Crippen molar-refractivity contribution in [1.82, 2.24) is 10.4 Å². The lowest BCUT2D eigenvalue weighted by Gasteiger charge is -2.35. The first-order valence-electron chi connectivity index (χ1n) is 8.76. The number of sulfone groups is 1. The van der Waals surface area contributed by atoms with Gasteiger partial charge in [0.2, 0.25) is 10.0 Å². The highest BCUT2D eigenvalue weighted by Gasteiger charge is 2.36. The lowest BCUT2D eigenvalue weighted by Crippen LogP contribution is -2.56. The molecule has 1 N–H and O–H groups in total. The molecule has 1 amide bonds. The van der Waals surface area contributed by atoms with Crippen LogP contribution in [-0.2, 0) is 29.4 Å². The third-order valence-corrected chi connectivity index (χ3v) is 7.39. The van der Waals surface area contributed by atoms with Crippen LogP contribution < -0.4 is 14.5 Å². The Bertz CT molecular complexity index is 956. The van der Waals surface area contributed by atoms with Crippen LogP contribution in [0.25, 0.3) is 0 Å². The van der Waals surface area contributed by atoms with Crippen LogP contribution in [-0.4, -0.2) is 78.7 Å². The zero-order chi connectivity index (χ0) is 20.5. The molecule has 1 unspecified atom stereocenters. The van der Waals surface area contributed by atoms with E-state index in [9.17, 15) is 21.6 Å². The molecule has 1 atom stereocenters. The van der Waals surface area contributed by atoms with Crippen molar-refractivity contribution >= 4 is 31.5 Å². The summed E-state index contributed by atoms with van der Waals surface area (Å²) in [5, 5.41) is 1.69. The molecule has 2 aliphatic heterocycles. The average Bonchev–Trinajstić information content (AvgIpc) is 2.66. The molecule has 0 spiro atoms. The summed E-state index contributed by atoms with van der Waals surface area (Å²) in [4.78, 5) is 12.6. The number of rotatable bonds is 5. The Labute approximate surface area is 164 Å². The fourth-order valence-corrected chi connectivity index (χ4v) is 4.75. The monoisotopic (exact) mass is 433 g/mol. The van der Waals surface area contributed by atoms with Crippen LogP contribution in [0.3, 0.4) is 0 Å². The minimum absolute atomic E-state index is 0.00205. The third-order valence-electron chi connectivity index (χ3n) is 4.51. The number of fused-ring (bicyclic) bond motifs is 1. The molecule has 1 aromatic rings. The van der Waals surface area contributed by atoms with Crippen molar-refractivity contribution in [2.24, 2.45) is 0 Å². The highest BCUT2D eigenvalue weighted by Crippen LogP contribution is 2.37. The van der Waals surface area contributed by atoms with E-state index in [2.05, 4.69) is 5.43 Å². The predicted octanol–water partition coefficient (Wildman–Crippen LogP) is -0.629. The van der Waals surface area contributed by atoms with Crippen LogP contribution >= 0.6 is 0 Å². The molecule has 28 heavy (non-hydrogen) atoms. The van der Waals surface area contributed by atoms with Crippen LogP contribution in [0, 0.1) is 0 Å². The number of hydrogen-bond donors (Lipinski definition) is 1. The summed E-state index contributed by atoms with van der Waals surface area (Å²) in [6, 6.07) is 4.00. The number of anilines is 1. The number of carbonyl (C=O) groups is 1. The van der Waals surface area contributed by atoms with Crippen LogP contribution in [0.5, 0.6) is 5.75 Å². The van der Waals surface area contributed by atoms with Gasteiger partial charge in [-0.25, -0.2) is 21.8 Å². The van der Waals surface area contributed by atoms with Crippen LogP contribution in [0.15, 0.2) is 23.1 Å². The van der Waals surface area contributed by atoms with Gasteiger partial charge in [0.15, 0.2) is 15.9 Å². The maximum absolute atomic E-state index is 12.6. The van der Waals surface area contributed by atoms with E-state index >= 15 is 0 Å². The molecule has 0 radical (unpaired) electrons. The van der Waals surface area contributed by atoms with Crippen LogP contribution in [0.1, 0.15) is 6.92 Å². The lowest BCUT2D eigenvalue weighted by molar-refractivity contribution is -0.134. The van der Waals surface area contributed by atoms with Crippen molar-refractivity contribution in [2.45, 2.75) is 17.9 Å². The molecule has 1 fully saturated rings. The first kappa shape index (κ1) is 20.8. The molecule has 0 aliphatic carbocycles. The maximum atomic E-state index is 12.6. The van der Waals surface area contributed by atoms with Gasteiger partial charge in [0.05, 0.1) is 42.4 Å². The molecular weight excluding hydrogens is 410 g/mol. The highest BCUT2D eigenvalue weighted by atomic mass is 32.2. The maximum Gasteiger partial charge on any atom is 0.277 e. The molecule has 1 saturated heterocycles. The van der Waals surface area contributed by atoms with E-state index in [-0.39, 0.29) is 28.6 Å². The standard InChI is InChI=1S/C16H23N3O7S2/c1-3-28(23,24)12-4-5-14-13(10-12)19(27(2,21)22)11-15(26-14)16(20)17-18-6-8-25-9-7-18/h4-5,10,15H,3,6-9,11H2,1-2H3,(H,17,20). The molecule has 2 aliphatic rings. The molecule has 2 heterocycles. The second-order valence-corrected chi connectivity index (χ2v) is 10.7. The van der Waals surface area contributed by atoms with E-state index in [1.807, 2.05) is 0 Å². The summed E-state index contributed by atoms with van der Waals surface area (Å²) in [6.07, 6.45) is -0.0706. The van der Waals surface area contributed by atoms with Gasteiger partial charge in [0, 0.05) is 13.1 Å². The first-order chi connectivity index (χ1) is 13.1. The summed E-state index contributed by atoms with van der Waals surface area (Å²) in [5.74, 6) is -0.462. The number of benzene rings is 1. The van der Waals surface area contributed by atoms with Gasteiger partial charge in [0.1, 0.15) is 5.75 Å². The Kier molecular flexibility index (Phi) is 5.84. The summed E-state index contributed by atoms with van der Waals surface area (Å²) >= 11 is 0. The zero-order valence-corrected chi connectivity index (χ0v) is 17.3. The van der Waals surface area contributed by atoms with E-state index in [1.165, 1.54) is 25.1 Å². The molecule has 12 heteroatoms. The topological polar surface area (TPSA) is 122 Å². The molecule has 0 bridgehead atoms. The Morgan fingerprint density at radius 1 is 1.21 bits per heavy atom. The minimum Gasteiger partial charge on any atom is -0.476 e. The molecule has 156 valence electrons. The lowest BCUT2D eigenvalue weighted by atomic mass is 10.2. The van der Waals surface area contributed by atoms with Gasteiger partial charge in [-0.1, -0.05) is 6.92 Å². The third kappa shape index (κ3) is 4.40. The Balaban J connectivity index is 1.89. The van der Waals surface area contributed by atoms with Gasteiger partial charge in [0.25, 0.3) is 5.91 Å². The van der Waals surface area contributed by atoms with Crippen molar-refractivity contribution in [1.29, 1.82) is 0 Å². The van der Waals surface area contributed by atoms with Gasteiger partial charge >= 0.3 is 0 Å². The Hall–Kier alpha value is -1.89. The highest BCUT2D eigenvalue weighted by molar-refractivity contribution is 7.92. The summed E-state index contributed by atoms with van der Waals surface area (Å²) < 4.78 is 60.8. The van der Waals surface area contributed by atoms with Crippen molar-refractivity contribution in [2.75, 3.05) is 49.2 Å². The second kappa shape index (κ2) is 7.85. The molecule has 1 aromatic carbocycles. The van der Waals surface area contributed by atoms with Crippen molar-refractivity contribution in [3.63, 3.8) is 0 Å². The van der Waals surface area contributed by atoms with Gasteiger partial charge in [-0.3, -0.25) is 14.5 Å². The smallest absolute Gasteiger partial charge is 0.277 e. The van der Waals surface area contributed by atoms with Crippen molar-refractivity contribution in [3.05, 3.63) is 18.2 Å². The Morgan fingerprint density at radius 3 is 2.50 bits per heavy atom. The van der Waals surface area contributed by atoms with Gasteiger partial charge in [-0.05, 0) is 18.2 Å². The number of hydrazine groups is 1. The zero-order valence-electron chi connectivity index (χ0n) is 15.6. The number of hydrogen-bond acceptors (Lipinski definition) is 8.